The van der Waals surface area contributed by atoms with E-state index in [1.807, 2.05) is 24.3 Å². The van der Waals surface area contributed by atoms with Crippen molar-refractivity contribution in [1.29, 1.82) is 0 Å². The molecule has 0 spiro atoms. The van der Waals surface area contributed by atoms with Gasteiger partial charge in [-0.15, -0.1) is 6.42 Å². The zero-order valence-electron chi connectivity index (χ0n) is 8.39. The largest absolute Gasteiger partial charge is 0.394 e. The summed E-state index contributed by atoms with van der Waals surface area (Å²) in [5, 5.41) is 17.5. The molecule has 0 aliphatic carbocycles. The van der Waals surface area contributed by atoms with Crippen molar-refractivity contribution < 1.29 is 14.9 Å². The van der Waals surface area contributed by atoms with Crippen molar-refractivity contribution in [2.45, 2.75) is 12.7 Å². The van der Waals surface area contributed by atoms with E-state index in [9.17, 15) is 0 Å². The van der Waals surface area contributed by atoms with Gasteiger partial charge in [0.25, 0.3) is 0 Å². The van der Waals surface area contributed by atoms with E-state index in [4.69, 9.17) is 21.4 Å². The molecule has 0 aromatic heterocycles. The topological polar surface area (TPSA) is 49.7 Å². The molecule has 0 saturated carbocycles. The zero-order chi connectivity index (χ0) is 11.1. The summed E-state index contributed by atoms with van der Waals surface area (Å²) in [4.78, 5) is 0. The Hall–Kier alpha value is -1.34. The Balaban J connectivity index is 2.48. The van der Waals surface area contributed by atoms with Crippen molar-refractivity contribution in [3.63, 3.8) is 0 Å². The smallest absolute Gasteiger partial charge is 0.104 e. The van der Waals surface area contributed by atoms with E-state index in [-0.39, 0.29) is 13.2 Å². The van der Waals surface area contributed by atoms with Crippen LogP contribution in [0.15, 0.2) is 24.3 Å². The summed E-state index contributed by atoms with van der Waals surface area (Å²) in [6.07, 6.45) is 4.70. The molecule has 0 amide bonds. The van der Waals surface area contributed by atoms with Crippen LogP contribution in [0.2, 0.25) is 0 Å². The van der Waals surface area contributed by atoms with Gasteiger partial charge in [-0.1, -0.05) is 18.1 Å². The van der Waals surface area contributed by atoms with Crippen molar-refractivity contribution in [3.8, 4) is 12.3 Å². The van der Waals surface area contributed by atoms with Gasteiger partial charge < -0.3 is 14.9 Å². The molecule has 1 aromatic carbocycles. The van der Waals surface area contributed by atoms with Gasteiger partial charge in [-0.05, 0) is 17.7 Å². The summed E-state index contributed by atoms with van der Waals surface area (Å²) in [5.74, 6) is 2.52. The first kappa shape index (κ1) is 11.7. The third-order valence-electron chi connectivity index (χ3n) is 2.01. The number of hydrogen-bond donors (Lipinski definition) is 2. The number of ether oxygens (including phenoxy) is 1. The van der Waals surface area contributed by atoms with Crippen molar-refractivity contribution in [1.82, 2.24) is 0 Å². The van der Waals surface area contributed by atoms with Gasteiger partial charge in [-0.2, -0.15) is 0 Å². The minimum absolute atomic E-state index is 0.182. The molecule has 1 aromatic rings. The number of benzene rings is 1. The molecule has 0 atom stereocenters. The normalized spacial score (nSPS) is 10.3. The van der Waals surface area contributed by atoms with Crippen LogP contribution in [0.5, 0.6) is 0 Å². The Morgan fingerprint density at radius 3 is 2.27 bits per heavy atom. The molecule has 80 valence electrons. The molecule has 15 heavy (non-hydrogen) atoms. The van der Waals surface area contributed by atoms with Gasteiger partial charge in [0.05, 0.1) is 19.8 Å². The Bertz CT molecular complexity index is 320. The highest BCUT2D eigenvalue weighted by molar-refractivity contribution is 5.33. The lowest BCUT2D eigenvalue weighted by Crippen LogP contribution is -2.21. The fourth-order valence-corrected chi connectivity index (χ4v) is 1.07. The lowest BCUT2D eigenvalue weighted by Gasteiger charge is -2.12. The van der Waals surface area contributed by atoms with E-state index in [2.05, 4.69) is 5.92 Å². The van der Waals surface area contributed by atoms with Crippen molar-refractivity contribution >= 4 is 0 Å². The van der Waals surface area contributed by atoms with E-state index in [1.54, 1.807) is 0 Å². The van der Waals surface area contributed by atoms with Crippen molar-refractivity contribution in [2.75, 3.05) is 13.2 Å². The van der Waals surface area contributed by atoms with Crippen LogP contribution in [0.3, 0.4) is 0 Å². The maximum absolute atomic E-state index is 8.77. The van der Waals surface area contributed by atoms with Crippen LogP contribution in [0.1, 0.15) is 11.1 Å². The molecule has 2 N–H and O–H groups in total. The highest BCUT2D eigenvalue weighted by atomic mass is 16.5. The first-order valence-electron chi connectivity index (χ1n) is 4.69. The SMILES string of the molecule is C#Cc1ccc(COC(CO)CO)cc1. The van der Waals surface area contributed by atoms with E-state index >= 15 is 0 Å². The molecule has 1 rings (SSSR count). The number of aliphatic hydroxyl groups excluding tert-OH is 2. The Morgan fingerprint density at radius 1 is 1.20 bits per heavy atom. The van der Waals surface area contributed by atoms with Gasteiger partial charge in [-0.25, -0.2) is 0 Å². The summed E-state index contributed by atoms with van der Waals surface area (Å²) in [5.41, 5.74) is 1.78. The van der Waals surface area contributed by atoms with Gasteiger partial charge >= 0.3 is 0 Å². The van der Waals surface area contributed by atoms with Gasteiger partial charge in [0.2, 0.25) is 0 Å². The Kier molecular flexibility index (Phi) is 4.85. The van der Waals surface area contributed by atoms with E-state index in [1.165, 1.54) is 0 Å². The summed E-state index contributed by atoms with van der Waals surface area (Å²) in [6, 6.07) is 7.37. The average molecular weight is 206 g/mol. The van der Waals surface area contributed by atoms with Crippen LogP contribution in [0, 0.1) is 12.3 Å². The second kappa shape index (κ2) is 6.20. The van der Waals surface area contributed by atoms with Gasteiger partial charge in [0, 0.05) is 5.56 Å². The Labute approximate surface area is 89.3 Å². The first-order chi connectivity index (χ1) is 7.30. The third kappa shape index (κ3) is 3.72. The summed E-state index contributed by atoms with van der Waals surface area (Å²) >= 11 is 0. The van der Waals surface area contributed by atoms with E-state index in [0.29, 0.717) is 6.61 Å². The highest BCUT2D eigenvalue weighted by Gasteiger charge is 2.05. The van der Waals surface area contributed by atoms with E-state index < -0.39 is 6.10 Å². The van der Waals surface area contributed by atoms with Gasteiger partial charge in [0.15, 0.2) is 0 Å². The third-order valence-corrected chi connectivity index (χ3v) is 2.01. The number of terminal acetylenes is 1. The molecule has 0 saturated heterocycles. The maximum atomic E-state index is 8.77. The minimum Gasteiger partial charge on any atom is -0.394 e. The standard InChI is InChI=1S/C12H14O3/c1-2-10-3-5-11(6-4-10)9-15-12(7-13)8-14/h1,3-6,12-14H,7-9H2. The predicted molar refractivity (Wildman–Crippen MR) is 57.1 cm³/mol. The molecule has 3 heteroatoms. The van der Waals surface area contributed by atoms with Crippen LogP contribution in [-0.2, 0) is 11.3 Å². The molecule has 0 radical (unpaired) electrons. The molecular formula is C12H14O3. The highest BCUT2D eigenvalue weighted by Crippen LogP contribution is 2.06. The monoisotopic (exact) mass is 206 g/mol. The second-order valence-electron chi connectivity index (χ2n) is 3.14. The van der Waals surface area contributed by atoms with Crippen LogP contribution < -0.4 is 0 Å². The number of rotatable bonds is 5. The molecule has 0 aliphatic rings. The lowest BCUT2D eigenvalue weighted by molar-refractivity contribution is -0.0284. The van der Waals surface area contributed by atoms with Crippen LogP contribution in [-0.4, -0.2) is 29.5 Å². The zero-order valence-corrected chi connectivity index (χ0v) is 8.39. The fourth-order valence-electron chi connectivity index (χ4n) is 1.07. The molecule has 0 aliphatic heterocycles. The fraction of sp³-hybridized carbons (Fsp3) is 0.333. The average Bonchev–Trinajstić information content (AvgIpc) is 2.31. The van der Waals surface area contributed by atoms with Crippen LogP contribution >= 0.6 is 0 Å². The lowest BCUT2D eigenvalue weighted by atomic mass is 10.1. The van der Waals surface area contributed by atoms with Gasteiger partial charge in [-0.3, -0.25) is 0 Å². The first-order valence-corrected chi connectivity index (χ1v) is 4.69. The van der Waals surface area contributed by atoms with E-state index in [0.717, 1.165) is 11.1 Å². The summed E-state index contributed by atoms with van der Waals surface area (Å²) in [6.45, 7) is -0.00544. The number of aliphatic hydroxyl groups is 2. The predicted octanol–water partition coefficient (Wildman–Crippen LogP) is 0.538. The molecule has 3 nitrogen and oxygen atoms in total. The summed E-state index contributed by atoms with van der Waals surface area (Å²) in [7, 11) is 0. The molecular weight excluding hydrogens is 192 g/mol. The molecule has 0 fully saturated rings. The molecule has 0 bridgehead atoms. The number of hydrogen-bond acceptors (Lipinski definition) is 3. The minimum atomic E-state index is -0.516. The molecule has 0 heterocycles. The van der Waals surface area contributed by atoms with Gasteiger partial charge in [0.1, 0.15) is 6.10 Å². The van der Waals surface area contributed by atoms with Crippen LogP contribution in [0.25, 0.3) is 0 Å². The summed E-state index contributed by atoms with van der Waals surface area (Å²) < 4.78 is 5.25. The molecule has 0 unspecified atom stereocenters. The Morgan fingerprint density at radius 2 is 1.80 bits per heavy atom. The van der Waals surface area contributed by atoms with Crippen LogP contribution in [0.4, 0.5) is 0 Å². The second-order valence-corrected chi connectivity index (χ2v) is 3.14. The van der Waals surface area contributed by atoms with Crippen molar-refractivity contribution in [2.24, 2.45) is 0 Å². The quantitative estimate of drug-likeness (QED) is 0.691. The van der Waals surface area contributed by atoms with Crippen molar-refractivity contribution in [3.05, 3.63) is 35.4 Å². The maximum Gasteiger partial charge on any atom is 0.104 e.